The van der Waals surface area contributed by atoms with Crippen molar-refractivity contribution in [3.05, 3.63) is 59.7 Å². The minimum absolute atomic E-state index is 0.681. The van der Waals surface area contributed by atoms with Crippen LogP contribution in [0.2, 0.25) is 0 Å². The van der Waals surface area contributed by atoms with Gasteiger partial charge in [0.15, 0.2) is 0 Å². The molecule has 1 aliphatic rings. The van der Waals surface area contributed by atoms with Crippen molar-refractivity contribution < 1.29 is 9.47 Å². The zero-order chi connectivity index (χ0) is 18.2. The third-order valence-corrected chi connectivity index (χ3v) is 5.29. The van der Waals surface area contributed by atoms with Gasteiger partial charge in [-0.1, -0.05) is 36.4 Å². The van der Waals surface area contributed by atoms with E-state index in [-0.39, 0.29) is 0 Å². The molecular formula is C23H31NO2. The molecule has 0 bridgehead atoms. The first-order chi connectivity index (χ1) is 12.8. The molecule has 0 aromatic heterocycles. The quantitative estimate of drug-likeness (QED) is 0.650. The van der Waals surface area contributed by atoms with Crippen molar-refractivity contribution >= 4 is 0 Å². The summed E-state index contributed by atoms with van der Waals surface area (Å²) < 4.78 is 11.9. The Kier molecular flexibility index (Phi) is 6.96. The molecule has 2 aromatic rings. The highest BCUT2D eigenvalue weighted by Crippen LogP contribution is 2.25. The Hall–Kier alpha value is -2.00. The van der Waals surface area contributed by atoms with Crippen molar-refractivity contribution in [3.63, 3.8) is 0 Å². The van der Waals surface area contributed by atoms with Crippen LogP contribution in [0, 0.1) is 0 Å². The van der Waals surface area contributed by atoms with Crippen LogP contribution in [0.4, 0.5) is 0 Å². The number of nitrogens with zero attached hydrogens (tertiary/aromatic N) is 1. The number of hydrogen-bond donors (Lipinski definition) is 0. The van der Waals surface area contributed by atoms with Crippen LogP contribution in [0.25, 0.3) is 0 Å². The number of aryl methyl sites for hydroxylation is 2. The Morgan fingerprint density at radius 1 is 0.923 bits per heavy atom. The molecule has 3 heteroatoms. The van der Waals surface area contributed by atoms with Crippen molar-refractivity contribution in [2.75, 3.05) is 26.8 Å². The van der Waals surface area contributed by atoms with Gasteiger partial charge in [-0.3, -0.25) is 0 Å². The van der Waals surface area contributed by atoms with E-state index in [1.807, 2.05) is 13.0 Å². The second kappa shape index (κ2) is 9.63. The number of para-hydroxylation sites is 2. The third-order valence-electron chi connectivity index (χ3n) is 5.29. The highest BCUT2D eigenvalue weighted by Gasteiger charge is 2.20. The highest BCUT2D eigenvalue weighted by molar-refractivity contribution is 5.37. The topological polar surface area (TPSA) is 21.7 Å². The lowest BCUT2D eigenvalue weighted by molar-refractivity contribution is 0.232. The summed E-state index contributed by atoms with van der Waals surface area (Å²) >= 11 is 0. The second-order valence-electron chi connectivity index (χ2n) is 7.06. The maximum atomic E-state index is 6.16. The Morgan fingerprint density at radius 2 is 1.54 bits per heavy atom. The standard InChI is InChI=1S/C23H31NO2/c1-3-25-22-12-6-4-9-19(22)14-15-20-10-5-7-13-23(20)26-18-16-21-11-8-17-24(21)2/h4-7,9-10,12-13,21H,3,8,11,14-18H2,1-2H3. The van der Waals surface area contributed by atoms with Gasteiger partial charge in [-0.25, -0.2) is 0 Å². The number of hydrogen-bond acceptors (Lipinski definition) is 3. The molecule has 1 saturated heterocycles. The van der Waals surface area contributed by atoms with Gasteiger partial charge in [0.05, 0.1) is 13.2 Å². The van der Waals surface area contributed by atoms with Crippen LogP contribution in [0.1, 0.15) is 37.3 Å². The third kappa shape index (κ3) is 5.01. The molecule has 1 heterocycles. The fourth-order valence-corrected chi connectivity index (χ4v) is 3.78. The van der Waals surface area contributed by atoms with E-state index < -0.39 is 0 Å². The molecule has 3 nitrogen and oxygen atoms in total. The average Bonchev–Trinajstić information content (AvgIpc) is 3.07. The normalized spacial score (nSPS) is 17.4. The summed E-state index contributed by atoms with van der Waals surface area (Å²) in [5.74, 6) is 2.03. The predicted octanol–water partition coefficient (Wildman–Crippen LogP) is 4.73. The fourth-order valence-electron chi connectivity index (χ4n) is 3.78. The first-order valence-corrected chi connectivity index (χ1v) is 9.89. The van der Waals surface area contributed by atoms with E-state index in [4.69, 9.17) is 9.47 Å². The highest BCUT2D eigenvalue weighted by atomic mass is 16.5. The van der Waals surface area contributed by atoms with E-state index in [0.29, 0.717) is 12.6 Å². The van der Waals surface area contributed by atoms with Crippen molar-refractivity contribution in [2.45, 2.75) is 45.1 Å². The van der Waals surface area contributed by atoms with Crippen LogP contribution in [-0.2, 0) is 12.8 Å². The Morgan fingerprint density at radius 3 is 2.12 bits per heavy atom. The van der Waals surface area contributed by atoms with Gasteiger partial charge in [-0.05, 0) is 75.9 Å². The molecule has 140 valence electrons. The van der Waals surface area contributed by atoms with Crippen LogP contribution in [0.3, 0.4) is 0 Å². The lowest BCUT2D eigenvalue weighted by atomic mass is 10.0. The van der Waals surface area contributed by atoms with Crippen LogP contribution >= 0.6 is 0 Å². The van der Waals surface area contributed by atoms with Crippen molar-refractivity contribution in [1.29, 1.82) is 0 Å². The van der Waals surface area contributed by atoms with E-state index in [2.05, 4.69) is 54.4 Å². The van der Waals surface area contributed by atoms with Gasteiger partial charge in [0.25, 0.3) is 0 Å². The van der Waals surface area contributed by atoms with Crippen LogP contribution < -0.4 is 9.47 Å². The molecule has 0 radical (unpaired) electrons. The predicted molar refractivity (Wildman–Crippen MR) is 107 cm³/mol. The van der Waals surface area contributed by atoms with Crippen LogP contribution in [-0.4, -0.2) is 37.7 Å². The summed E-state index contributed by atoms with van der Waals surface area (Å²) in [6.07, 6.45) is 5.65. The first-order valence-electron chi connectivity index (χ1n) is 9.89. The number of likely N-dealkylation sites (tertiary alicyclic amines) is 1. The Bertz CT molecular complexity index is 685. The molecule has 1 aliphatic heterocycles. The van der Waals surface area contributed by atoms with E-state index in [1.54, 1.807) is 0 Å². The number of benzene rings is 2. The number of ether oxygens (including phenoxy) is 2. The summed E-state index contributed by atoms with van der Waals surface area (Å²) in [7, 11) is 2.22. The molecule has 0 aliphatic carbocycles. The van der Waals surface area contributed by atoms with Gasteiger partial charge in [0, 0.05) is 6.04 Å². The van der Waals surface area contributed by atoms with Crippen LogP contribution in [0.15, 0.2) is 48.5 Å². The molecule has 1 atom stereocenters. The lowest BCUT2D eigenvalue weighted by Gasteiger charge is -2.20. The van der Waals surface area contributed by atoms with Gasteiger partial charge in [0.2, 0.25) is 0 Å². The summed E-state index contributed by atoms with van der Waals surface area (Å²) in [6.45, 7) is 4.75. The van der Waals surface area contributed by atoms with E-state index in [9.17, 15) is 0 Å². The van der Waals surface area contributed by atoms with Gasteiger partial charge in [-0.15, -0.1) is 0 Å². The summed E-state index contributed by atoms with van der Waals surface area (Å²) in [5.41, 5.74) is 2.54. The van der Waals surface area contributed by atoms with E-state index >= 15 is 0 Å². The van der Waals surface area contributed by atoms with Crippen LogP contribution in [0.5, 0.6) is 11.5 Å². The molecular weight excluding hydrogens is 322 g/mol. The molecule has 0 amide bonds. The molecule has 1 fully saturated rings. The smallest absolute Gasteiger partial charge is 0.122 e. The maximum Gasteiger partial charge on any atom is 0.122 e. The minimum Gasteiger partial charge on any atom is -0.494 e. The fraction of sp³-hybridized carbons (Fsp3) is 0.478. The second-order valence-corrected chi connectivity index (χ2v) is 7.06. The van der Waals surface area contributed by atoms with Crippen molar-refractivity contribution in [2.24, 2.45) is 0 Å². The summed E-state index contributed by atoms with van der Waals surface area (Å²) in [5, 5.41) is 0. The van der Waals surface area contributed by atoms with E-state index in [0.717, 1.165) is 37.4 Å². The van der Waals surface area contributed by atoms with Crippen molar-refractivity contribution in [1.82, 2.24) is 4.90 Å². The maximum absolute atomic E-state index is 6.16. The minimum atomic E-state index is 0.681. The Balaban J connectivity index is 1.57. The Labute approximate surface area is 157 Å². The molecule has 26 heavy (non-hydrogen) atoms. The zero-order valence-corrected chi connectivity index (χ0v) is 16.1. The van der Waals surface area contributed by atoms with E-state index in [1.165, 1.54) is 30.5 Å². The van der Waals surface area contributed by atoms with Gasteiger partial charge in [-0.2, -0.15) is 0 Å². The molecule has 3 rings (SSSR count). The molecule has 0 saturated carbocycles. The first kappa shape index (κ1) is 18.8. The molecule has 0 spiro atoms. The molecule has 0 N–H and O–H groups in total. The SMILES string of the molecule is CCOc1ccccc1CCc1ccccc1OCCC1CCCN1C. The lowest BCUT2D eigenvalue weighted by Crippen LogP contribution is -2.26. The number of rotatable bonds is 9. The molecule has 2 aromatic carbocycles. The van der Waals surface area contributed by atoms with Gasteiger partial charge >= 0.3 is 0 Å². The van der Waals surface area contributed by atoms with Gasteiger partial charge in [0.1, 0.15) is 11.5 Å². The summed E-state index contributed by atoms with van der Waals surface area (Å²) in [6, 6.07) is 17.5. The molecule has 1 unspecified atom stereocenters. The van der Waals surface area contributed by atoms with Gasteiger partial charge < -0.3 is 14.4 Å². The summed E-state index contributed by atoms with van der Waals surface area (Å²) in [4.78, 5) is 2.46. The largest absolute Gasteiger partial charge is 0.494 e. The monoisotopic (exact) mass is 353 g/mol. The zero-order valence-electron chi connectivity index (χ0n) is 16.1. The van der Waals surface area contributed by atoms with Crippen molar-refractivity contribution in [3.8, 4) is 11.5 Å². The average molecular weight is 354 g/mol.